The Morgan fingerprint density at radius 2 is 2.13 bits per heavy atom. The predicted octanol–water partition coefficient (Wildman–Crippen LogP) is 1.98. The van der Waals surface area contributed by atoms with Gasteiger partial charge in [0.05, 0.1) is 0 Å². The molecule has 4 heteroatoms. The van der Waals surface area contributed by atoms with Gasteiger partial charge < -0.3 is 11.1 Å². The first kappa shape index (κ1) is 12.7. The number of hydrogen-bond donors (Lipinski definition) is 2. The van der Waals surface area contributed by atoms with Crippen molar-refractivity contribution in [2.24, 2.45) is 10.7 Å². The van der Waals surface area contributed by atoms with E-state index in [0.29, 0.717) is 12.0 Å². The van der Waals surface area contributed by atoms with Crippen molar-refractivity contribution in [2.75, 3.05) is 18.6 Å². The fourth-order valence-corrected chi connectivity index (χ4v) is 2.33. The smallest absolute Gasteiger partial charge is 0.188 e. The number of nitrogens with two attached hydrogens (primary N) is 1. The van der Waals surface area contributed by atoms with Crippen molar-refractivity contribution in [3.8, 4) is 0 Å². The lowest BCUT2D eigenvalue weighted by molar-refractivity contribution is 0.412. The van der Waals surface area contributed by atoms with Gasteiger partial charge in [-0.1, -0.05) is 19.3 Å². The molecule has 3 nitrogen and oxygen atoms in total. The number of nitrogens with zero attached hydrogens (tertiary/aromatic N) is 1. The van der Waals surface area contributed by atoms with Crippen LogP contribution in [0.1, 0.15) is 38.5 Å². The molecule has 0 aromatic carbocycles. The third-order valence-electron chi connectivity index (χ3n) is 2.75. The maximum Gasteiger partial charge on any atom is 0.188 e. The van der Waals surface area contributed by atoms with Gasteiger partial charge in [0.2, 0.25) is 0 Å². The largest absolute Gasteiger partial charge is 0.370 e. The quantitative estimate of drug-likeness (QED) is 0.430. The Balaban J connectivity index is 2.12. The molecular weight excluding hydrogens is 206 g/mol. The van der Waals surface area contributed by atoms with Gasteiger partial charge in [-0.15, -0.1) is 0 Å². The summed E-state index contributed by atoms with van der Waals surface area (Å²) in [7, 11) is 0. The monoisotopic (exact) mass is 229 g/mol. The van der Waals surface area contributed by atoms with Crippen LogP contribution in [0.25, 0.3) is 0 Å². The summed E-state index contributed by atoms with van der Waals surface area (Å²) in [4.78, 5) is 4.33. The first-order valence-electron chi connectivity index (χ1n) is 5.88. The average Bonchev–Trinajstić information content (AvgIpc) is 2.26. The van der Waals surface area contributed by atoms with Crippen LogP contribution in [0.4, 0.5) is 0 Å². The molecule has 0 aromatic heterocycles. The third-order valence-corrected chi connectivity index (χ3v) is 3.44. The second-order valence-corrected chi connectivity index (χ2v) is 5.08. The maximum absolute atomic E-state index is 5.82. The summed E-state index contributed by atoms with van der Waals surface area (Å²) in [5.41, 5.74) is 5.82. The van der Waals surface area contributed by atoms with Gasteiger partial charge in [-0.2, -0.15) is 11.8 Å². The maximum atomic E-state index is 5.82. The van der Waals surface area contributed by atoms with Crippen LogP contribution < -0.4 is 11.1 Å². The fraction of sp³-hybridized carbons (Fsp3) is 0.909. The van der Waals surface area contributed by atoms with Crippen LogP contribution in [0.5, 0.6) is 0 Å². The second kappa shape index (κ2) is 7.85. The Morgan fingerprint density at radius 1 is 1.40 bits per heavy atom. The van der Waals surface area contributed by atoms with E-state index in [2.05, 4.69) is 16.6 Å². The van der Waals surface area contributed by atoms with Crippen LogP contribution in [0.3, 0.4) is 0 Å². The Morgan fingerprint density at radius 3 is 2.80 bits per heavy atom. The van der Waals surface area contributed by atoms with Crippen molar-refractivity contribution in [2.45, 2.75) is 44.6 Å². The lowest BCUT2D eigenvalue weighted by Gasteiger charge is -2.23. The molecule has 1 fully saturated rings. The summed E-state index contributed by atoms with van der Waals surface area (Å²) in [5.74, 6) is 1.81. The summed E-state index contributed by atoms with van der Waals surface area (Å²) in [5, 5.41) is 3.32. The molecule has 15 heavy (non-hydrogen) atoms. The Kier molecular flexibility index (Phi) is 6.64. The lowest BCUT2D eigenvalue weighted by atomic mass is 9.96. The van der Waals surface area contributed by atoms with E-state index in [9.17, 15) is 0 Å². The van der Waals surface area contributed by atoms with Crippen LogP contribution >= 0.6 is 11.8 Å². The third kappa shape index (κ3) is 5.92. The molecule has 0 saturated heterocycles. The Labute approximate surface area is 97.3 Å². The van der Waals surface area contributed by atoms with Crippen molar-refractivity contribution >= 4 is 17.7 Å². The zero-order valence-corrected chi connectivity index (χ0v) is 10.5. The first-order valence-corrected chi connectivity index (χ1v) is 7.27. The van der Waals surface area contributed by atoms with Crippen molar-refractivity contribution < 1.29 is 0 Å². The fourth-order valence-electron chi connectivity index (χ4n) is 1.91. The second-order valence-electron chi connectivity index (χ2n) is 4.09. The van der Waals surface area contributed by atoms with E-state index in [1.807, 2.05) is 11.8 Å². The minimum Gasteiger partial charge on any atom is -0.370 e. The molecule has 1 rings (SSSR count). The van der Waals surface area contributed by atoms with Gasteiger partial charge in [0.25, 0.3) is 0 Å². The molecule has 1 saturated carbocycles. The summed E-state index contributed by atoms with van der Waals surface area (Å²) < 4.78 is 0. The number of hydrogen-bond acceptors (Lipinski definition) is 2. The van der Waals surface area contributed by atoms with Gasteiger partial charge in [0, 0.05) is 12.6 Å². The standard InChI is InChI=1S/C11H23N3S/c1-15-9-5-8-13-11(12)14-10-6-3-2-4-7-10/h10H,2-9H2,1H3,(H3,12,13,14). The highest BCUT2D eigenvalue weighted by atomic mass is 32.2. The SMILES string of the molecule is CSCCCN=C(N)NC1CCCCC1. The number of guanidine groups is 1. The molecule has 0 radical (unpaired) electrons. The summed E-state index contributed by atoms with van der Waals surface area (Å²) in [6.07, 6.45) is 9.78. The van der Waals surface area contributed by atoms with Crippen LogP contribution in [-0.2, 0) is 0 Å². The minimum absolute atomic E-state index is 0.572. The van der Waals surface area contributed by atoms with Crippen LogP contribution in [-0.4, -0.2) is 30.6 Å². The zero-order valence-electron chi connectivity index (χ0n) is 9.67. The predicted molar refractivity (Wildman–Crippen MR) is 69.5 cm³/mol. The molecule has 1 aliphatic rings. The number of thioether (sulfide) groups is 1. The van der Waals surface area contributed by atoms with E-state index in [1.54, 1.807) is 0 Å². The molecule has 0 unspecified atom stereocenters. The zero-order chi connectivity index (χ0) is 10.9. The van der Waals surface area contributed by atoms with Gasteiger partial charge in [-0.25, -0.2) is 0 Å². The minimum atomic E-state index is 0.572. The van der Waals surface area contributed by atoms with E-state index in [-0.39, 0.29) is 0 Å². The van der Waals surface area contributed by atoms with E-state index >= 15 is 0 Å². The van der Waals surface area contributed by atoms with Gasteiger partial charge in [0.15, 0.2) is 5.96 Å². The van der Waals surface area contributed by atoms with E-state index in [1.165, 1.54) is 37.9 Å². The Hall–Kier alpha value is -0.380. The van der Waals surface area contributed by atoms with Crippen LogP contribution in [0.2, 0.25) is 0 Å². The number of nitrogens with one attached hydrogen (secondary N) is 1. The van der Waals surface area contributed by atoms with Gasteiger partial charge in [0.1, 0.15) is 0 Å². The number of aliphatic imine (C=N–C) groups is 1. The van der Waals surface area contributed by atoms with Gasteiger partial charge >= 0.3 is 0 Å². The van der Waals surface area contributed by atoms with Crippen molar-refractivity contribution in [3.05, 3.63) is 0 Å². The molecular formula is C11H23N3S. The highest BCUT2D eigenvalue weighted by molar-refractivity contribution is 7.98. The molecule has 0 aliphatic heterocycles. The lowest BCUT2D eigenvalue weighted by Crippen LogP contribution is -2.41. The van der Waals surface area contributed by atoms with Crippen molar-refractivity contribution in [3.63, 3.8) is 0 Å². The first-order chi connectivity index (χ1) is 7.33. The number of rotatable bonds is 5. The normalized spacial score (nSPS) is 19.1. The highest BCUT2D eigenvalue weighted by Crippen LogP contribution is 2.16. The summed E-state index contributed by atoms with van der Waals surface area (Å²) in [6.45, 7) is 0.854. The average molecular weight is 229 g/mol. The van der Waals surface area contributed by atoms with E-state index in [4.69, 9.17) is 5.73 Å². The van der Waals surface area contributed by atoms with E-state index < -0.39 is 0 Å². The van der Waals surface area contributed by atoms with Gasteiger partial charge in [-0.3, -0.25) is 4.99 Å². The van der Waals surface area contributed by atoms with Crippen molar-refractivity contribution in [1.82, 2.24) is 5.32 Å². The topological polar surface area (TPSA) is 50.4 Å². The molecule has 3 N–H and O–H groups in total. The molecule has 0 spiro atoms. The Bertz CT molecular complexity index is 188. The van der Waals surface area contributed by atoms with Crippen LogP contribution in [0.15, 0.2) is 4.99 Å². The molecule has 0 aromatic rings. The van der Waals surface area contributed by atoms with Crippen LogP contribution in [0, 0.1) is 0 Å². The molecule has 0 amide bonds. The molecule has 1 aliphatic carbocycles. The van der Waals surface area contributed by atoms with E-state index in [0.717, 1.165) is 13.0 Å². The van der Waals surface area contributed by atoms with Gasteiger partial charge in [-0.05, 0) is 31.3 Å². The highest BCUT2D eigenvalue weighted by Gasteiger charge is 2.12. The molecule has 0 heterocycles. The molecule has 0 bridgehead atoms. The van der Waals surface area contributed by atoms with Crippen molar-refractivity contribution in [1.29, 1.82) is 0 Å². The molecule has 88 valence electrons. The summed E-state index contributed by atoms with van der Waals surface area (Å²) >= 11 is 1.86. The summed E-state index contributed by atoms with van der Waals surface area (Å²) in [6, 6.07) is 0.572. The molecule has 0 atom stereocenters.